The van der Waals surface area contributed by atoms with Crippen molar-refractivity contribution in [1.29, 1.82) is 0 Å². The molecule has 0 aromatic carbocycles. The zero-order valence-corrected chi connectivity index (χ0v) is 12.0. The zero-order valence-electron chi connectivity index (χ0n) is 12.0. The number of hydrogen-bond donors (Lipinski definition) is 1. The number of anilines is 2. The van der Waals surface area contributed by atoms with Gasteiger partial charge in [-0.2, -0.15) is 0 Å². The van der Waals surface area contributed by atoms with E-state index in [1.165, 1.54) is 6.33 Å². The number of rotatable bonds is 7. The lowest BCUT2D eigenvalue weighted by Crippen LogP contribution is -2.27. The van der Waals surface area contributed by atoms with Gasteiger partial charge < -0.3 is 14.9 Å². The quantitative estimate of drug-likeness (QED) is 0.806. The largest absolute Gasteiger partial charge is 0.480 e. The van der Waals surface area contributed by atoms with E-state index < -0.39 is 5.97 Å². The summed E-state index contributed by atoms with van der Waals surface area (Å²) in [4.78, 5) is 22.6. The van der Waals surface area contributed by atoms with Crippen molar-refractivity contribution >= 4 is 17.6 Å². The molecule has 0 fully saturated rings. The molecule has 0 saturated carbocycles. The average Bonchev–Trinajstić information content (AvgIpc) is 2.35. The minimum atomic E-state index is -0.879. The average molecular weight is 266 g/mol. The molecule has 0 bridgehead atoms. The summed E-state index contributed by atoms with van der Waals surface area (Å²) < 4.78 is 0. The van der Waals surface area contributed by atoms with Crippen molar-refractivity contribution in [3.63, 3.8) is 0 Å². The van der Waals surface area contributed by atoms with Gasteiger partial charge in [0.15, 0.2) is 0 Å². The molecule has 0 saturated heterocycles. The highest BCUT2D eigenvalue weighted by Gasteiger charge is 2.10. The fourth-order valence-electron chi connectivity index (χ4n) is 1.60. The Morgan fingerprint density at radius 2 is 1.84 bits per heavy atom. The summed E-state index contributed by atoms with van der Waals surface area (Å²) in [6.07, 6.45) is 2.55. The second-order valence-electron chi connectivity index (χ2n) is 5.09. The molecule has 1 rings (SSSR count). The summed E-state index contributed by atoms with van der Waals surface area (Å²) in [6, 6.07) is 1.81. The van der Waals surface area contributed by atoms with E-state index in [1.807, 2.05) is 13.1 Å². The highest BCUT2D eigenvalue weighted by molar-refractivity contribution is 5.73. The number of aliphatic carboxylic acids is 1. The molecule has 0 aliphatic rings. The van der Waals surface area contributed by atoms with Crippen molar-refractivity contribution in [3.8, 4) is 0 Å². The van der Waals surface area contributed by atoms with Crippen LogP contribution in [0.4, 0.5) is 11.6 Å². The maximum Gasteiger partial charge on any atom is 0.323 e. The van der Waals surface area contributed by atoms with Crippen LogP contribution in [0.15, 0.2) is 12.4 Å². The lowest BCUT2D eigenvalue weighted by Gasteiger charge is -2.21. The molecule has 6 heteroatoms. The Bertz CT molecular complexity index is 423. The molecular weight excluding hydrogens is 244 g/mol. The summed E-state index contributed by atoms with van der Waals surface area (Å²) in [5.74, 6) is 1.18. The summed E-state index contributed by atoms with van der Waals surface area (Å²) in [6.45, 7) is 5.20. The summed E-state index contributed by atoms with van der Waals surface area (Å²) in [5, 5.41) is 8.77. The van der Waals surface area contributed by atoms with Gasteiger partial charge in [0.05, 0.1) is 0 Å². The lowest BCUT2D eigenvalue weighted by molar-refractivity contribution is -0.135. The minimum absolute atomic E-state index is 0.0772. The van der Waals surface area contributed by atoms with E-state index in [9.17, 15) is 4.79 Å². The fraction of sp³-hybridized carbons (Fsp3) is 0.615. The van der Waals surface area contributed by atoms with Gasteiger partial charge in [-0.1, -0.05) is 13.8 Å². The van der Waals surface area contributed by atoms with Crippen molar-refractivity contribution in [3.05, 3.63) is 12.4 Å². The molecule has 0 aliphatic carbocycles. The first-order valence-corrected chi connectivity index (χ1v) is 6.36. The normalized spacial score (nSPS) is 10.6. The van der Waals surface area contributed by atoms with E-state index in [1.54, 1.807) is 11.9 Å². The topological polar surface area (TPSA) is 69.6 Å². The minimum Gasteiger partial charge on any atom is -0.480 e. The molecule has 1 aromatic rings. The second kappa shape index (κ2) is 6.92. The van der Waals surface area contributed by atoms with Gasteiger partial charge in [-0.15, -0.1) is 0 Å². The highest BCUT2D eigenvalue weighted by atomic mass is 16.4. The summed E-state index contributed by atoms with van der Waals surface area (Å²) in [7, 11) is 3.68. The Balaban J connectivity index is 2.73. The molecule has 0 spiro atoms. The molecule has 0 amide bonds. The van der Waals surface area contributed by atoms with Crippen LogP contribution < -0.4 is 9.80 Å². The maximum absolute atomic E-state index is 10.7. The molecule has 6 nitrogen and oxygen atoms in total. The van der Waals surface area contributed by atoms with Gasteiger partial charge in [-0.25, -0.2) is 9.97 Å². The predicted octanol–water partition coefficient (Wildman–Crippen LogP) is 1.48. The first-order valence-electron chi connectivity index (χ1n) is 6.36. The van der Waals surface area contributed by atoms with Crippen molar-refractivity contribution in [1.82, 2.24) is 9.97 Å². The zero-order chi connectivity index (χ0) is 14.4. The third-order valence-electron chi connectivity index (χ3n) is 2.83. The Morgan fingerprint density at radius 1 is 1.26 bits per heavy atom. The Hall–Kier alpha value is -1.85. The lowest BCUT2D eigenvalue weighted by atomic mass is 10.1. The standard InChI is InChI=1S/C13H22N4O2/c1-10(2)5-6-16(3)11-7-12(15-9-14-11)17(4)8-13(18)19/h7,9-10H,5-6,8H2,1-4H3,(H,18,19). The van der Waals surface area contributed by atoms with E-state index >= 15 is 0 Å². The van der Waals surface area contributed by atoms with Crippen LogP contribution in [-0.4, -0.2) is 48.2 Å². The molecule has 0 radical (unpaired) electrons. The number of likely N-dealkylation sites (N-methyl/N-ethyl adjacent to an activating group) is 1. The summed E-state index contributed by atoms with van der Waals surface area (Å²) in [5.41, 5.74) is 0. The van der Waals surface area contributed by atoms with Gasteiger partial charge in [0.25, 0.3) is 0 Å². The van der Waals surface area contributed by atoms with Gasteiger partial charge in [0.2, 0.25) is 0 Å². The Labute approximate surface area is 114 Å². The third-order valence-corrected chi connectivity index (χ3v) is 2.83. The van der Waals surface area contributed by atoms with Crippen LogP contribution >= 0.6 is 0 Å². The SMILES string of the molecule is CC(C)CCN(C)c1cc(N(C)CC(=O)O)ncn1. The van der Waals surface area contributed by atoms with E-state index in [0.717, 1.165) is 18.8 Å². The van der Waals surface area contributed by atoms with E-state index in [2.05, 4.69) is 28.7 Å². The molecule has 19 heavy (non-hydrogen) atoms. The number of carbonyl (C=O) groups is 1. The van der Waals surface area contributed by atoms with Crippen LogP contribution in [0.2, 0.25) is 0 Å². The van der Waals surface area contributed by atoms with Crippen LogP contribution in [0.25, 0.3) is 0 Å². The molecular formula is C13H22N4O2. The van der Waals surface area contributed by atoms with Gasteiger partial charge in [0.1, 0.15) is 24.5 Å². The molecule has 1 N–H and O–H groups in total. The van der Waals surface area contributed by atoms with Crippen LogP contribution in [0.1, 0.15) is 20.3 Å². The van der Waals surface area contributed by atoms with Crippen LogP contribution in [0.3, 0.4) is 0 Å². The van der Waals surface area contributed by atoms with Crippen molar-refractivity contribution in [2.45, 2.75) is 20.3 Å². The Morgan fingerprint density at radius 3 is 2.37 bits per heavy atom. The summed E-state index contributed by atoms with van der Waals surface area (Å²) >= 11 is 0. The first-order chi connectivity index (χ1) is 8.90. The molecule has 106 valence electrons. The first kappa shape index (κ1) is 15.2. The maximum atomic E-state index is 10.7. The van der Waals surface area contributed by atoms with Crippen LogP contribution in [-0.2, 0) is 4.79 Å². The smallest absolute Gasteiger partial charge is 0.323 e. The van der Waals surface area contributed by atoms with Gasteiger partial charge >= 0.3 is 5.97 Å². The van der Waals surface area contributed by atoms with E-state index in [4.69, 9.17) is 5.11 Å². The second-order valence-corrected chi connectivity index (χ2v) is 5.09. The monoisotopic (exact) mass is 266 g/mol. The van der Waals surface area contributed by atoms with Crippen molar-refractivity contribution in [2.75, 3.05) is 37.0 Å². The molecule has 0 atom stereocenters. The Kier molecular flexibility index (Phi) is 5.54. The van der Waals surface area contributed by atoms with Crippen LogP contribution in [0.5, 0.6) is 0 Å². The van der Waals surface area contributed by atoms with Gasteiger partial charge in [-0.05, 0) is 12.3 Å². The molecule has 0 unspecified atom stereocenters. The number of carboxylic acid groups (broad SMARTS) is 1. The van der Waals surface area contributed by atoms with E-state index in [0.29, 0.717) is 11.7 Å². The van der Waals surface area contributed by atoms with Gasteiger partial charge in [0, 0.05) is 26.7 Å². The van der Waals surface area contributed by atoms with E-state index in [-0.39, 0.29) is 6.54 Å². The number of carboxylic acids is 1. The molecule has 1 heterocycles. The van der Waals surface area contributed by atoms with Crippen LogP contribution in [0, 0.1) is 5.92 Å². The van der Waals surface area contributed by atoms with Gasteiger partial charge in [-0.3, -0.25) is 4.79 Å². The van der Waals surface area contributed by atoms with Crippen molar-refractivity contribution in [2.24, 2.45) is 5.92 Å². The number of nitrogens with zero attached hydrogens (tertiary/aromatic N) is 4. The number of aromatic nitrogens is 2. The molecule has 1 aromatic heterocycles. The molecule has 0 aliphatic heterocycles. The fourth-order valence-corrected chi connectivity index (χ4v) is 1.60. The third kappa shape index (κ3) is 5.11. The highest BCUT2D eigenvalue weighted by Crippen LogP contribution is 2.16. The number of hydrogen-bond acceptors (Lipinski definition) is 5. The predicted molar refractivity (Wildman–Crippen MR) is 75.7 cm³/mol. The van der Waals surface area contributed by atoms with Crippen molar-refractivity contribution < 1.29 is 9.90 Å².